The van der Waals surface area contributed by atoms with Crippen molar-refractivity contribution < 1.29 is 18.8 Å². The van der Waals surface area contributed by atoms with E-state index in [2.05, 4.69) is 5.32 Å². The van der Waals surface area contributed by atoms with E-state index in [0.29, 0.717) is 44.1 Å². The average Bonchev–Trinajstić information content (AvgIpc) is 3.41. The summed E-state index contributed by atoms with van der Waals surface area (Å²) in [5.74, 6) is 1.06. The summed E-state index contributed by atoms with van der Waals surface area (Å²) in [4.78, 5) is 42.3. The number of carbonyl (C=O) groups is 3. The number of hydrogen-bond acceptors (Lipinski definition) is 4. The lowest BCUT2D eigenvalue weighted by atomic mass is 10.1. The number of anilines is 1. The van der Waals surface area contributed by atoms with E-state index in [9.17, 15) is 14.4 Å². The van der Waals surface area contributed by atoms with Gasteiger partial charge < -0.3 is 24.4 Å². The summed E-state index contributed by atoms with van der Waals surface area (Å²) < 4.78 is 5.42. The molecule has 1 aromatic carbocycles. The smallest absolute Gasteiger partial charge is 0.317 e. The van der Waals surface area contributed by atoms with Crippen LogP contribution in [0.25, 0.3) is 0 Å². The average molecular weight is 425 g/mol. The van der Waals surface area contributed by atoms with Crippen LogP contribution in [0.4, 0.5) is 10.5 Å². The summed E-state index contributed by atoms with van der Waals surface area (Å²) in [6.07, 6.45) is 1.50. The van der Waals surface area contributed by atoms with E-state index < -0.39 is 0 Å². The molecule has 2 aromatic rings. The van der Waals surface area contributed by atoms with Crippen molar-refractivity contribution in [3.8, 4) is 0 Å². The van der Waals surface area contributed by atoms with E-state index >= 15 is 0 Å². The second-order valence-electron chi connectivity index (χ2n) is 8.10. The molecular formula is C23H28N4O4. The first-order valence-electron chi connectivity index (χ1n) is 10.7. The van der Waals surface area contributed by atoms with Crippen LogP contribution >= 0.6 is 0 Å². The zero-order valence-electron chi connectivity index (χ0n) is 18.0. The number of aryl methyl sites for hydroxylation is 1. The SMILES string of the molecule is Cc1ccc(C(=O)N2CCN(C(=O)NC(C)c3ccc(N4CCCC4=O)cc3)CC2)o1. The highest BCUT2D eigenvalue weighted by Gasteiger charge is 2.27. The van der Waals surface area contributed by atoms with Gasteiger partial charge in [-0.25, -0.2) is 4.79 Å². The second kappa shape index (κ2) is 8.83. The molecule has 3 heterocycles. The quantitative estimate of drug-likeness (QED) is 0.818. The monoisotopic (exact) mass is 424 g/mol. The fourth-order valence-electron chi connectivity index (χ4n) is 4.04. The molecule has 2 saturated heterocycles. The van der Waals surface area contributed by atoms with Crippen molar-refractivity contribution in [3.05, 3.63) is 53.5 Å². The number of benzene rings is 1. The Labute approximate surface area is 181 Å². The molecule has 4 rings (SSSR count). The zero-order chi connectivity index (χ0) is 22.0. The Hall–Kier alpha value is -3.29. The molecule has 164 valence electrons. The number of hydrogen-bond donors (Lipinski definition) is 1. The normalized spacial score (nSPS) is 17.7. The fourth-order valence-corrected chi connectivity index (χ4v) is 4.04. The minimum absolute atomic E-state index is 0.141. The number of urea groups is 1. The number of nitrogens with zero attached hydrogens (tertiary/aromatic N) is 3. The molecule has 0 spiro atoms. The third-order valence-electron chi connectivity index (χ3n) is 5.92. The molecule has 1 atom stereocenters. The molecule has 2 aliphatic heterocycles. The van der Waals surface area contributed by atoms with Gasteiger partial charge in [0.05, 0.1) is 6.04 Å². The summed E-state index contributed by atoms with van der Waals surface area (Å²) in [6, 6.07) is 10.9. The van der Waals surface area contributed by atoms with Gasteiger partial charge in [-0.1, -0.05) is 12.1 Å². The standard InChI is InChI=1S/C23H28N4O4/c1-16-5-10-20(31-16)22(29)25-12-14-26(15-13-25)23(30)24-17(2)18-6-8-19(9-7-18)27-11-3-4-21(27)28/h5-10,17H,3-4,11-15H2,1-2H3,(H,24,30). The Morgan fingerprint density at radius 3 is 2.23 bits per heavy atom. The van der Waals surface area contributed by atoms with E-state index in [0.717, 1.165) is 24.2 Å². The molecule has 8 nitrogen and oxygen atoms in total. The van der Waals surface area contributed by atoms with Gasteiger partial charge in [0.1, 0.15) is 5.76 Å². The van der Waals surface area contributed by atoms with Gasteiger partial charge in [-0.2, -0.15) is 0 Å². The van der Waals surface area contributed by atoms with Gasteiger partial charge in [0.15, 0.2) is 5.76 Å². The molecule has 2 fully saturated rings. The highest BCUT2D eigenvalue weighted by atomic mass is 16.3. The minimum atomic E-state index is -0.165. The topological polar surface area (TPSA) is 86.1 Å². The predicted octanol–water partition coefficient (Wildman–Crippen LogP) is 2.94. The third-order valence-corrected chi connectivity index (χ3v) is 5.92. The molecule has 2 aliphatic rings. The van der Waals surface area contributed by atoms with Gasteiger partial charge >= 0.3 is 6.03 Å². The van der Waals surface area contributed by atoms with Crippen LogP contribution in [-0.2, 0) is 4.79 Å². The summed E-state index contributed by atoms with van der Waals surface area (Å²) in [5.41, 5.74) is 1.88. The number of rotatable bonds is 4. The second-order valence-corrected chi connectivity index (χ2v) is 8.10. The Bertz CT molecular complexity index is 960. The maximum Gasteiger partial charge on any atom is 0.317 e. The van der Waals surface area contributed by atoms with Crippen molar-refractivity contribution in [2.24, 2.45) is 0 Å². The van der Waals surface area contributed by atoms with Crippen molar-refractivity contribution in [1.82, 2.24) is 15.1 Å². The van der Waals surface area contributed by atoms with Crippen LogP contribution in [0.5, 0.6) is 0 Å². The fraction of sp³-hybridized carbons (Fsp3) is 0.435. The first-order valence-corrected chi connectivity index (χ1v) is 10.7. The largest absolute Gasteiger partial charge is 0.456 e. The molecule has 8 heteroatoms. The van der Waals surface area contributed by atoms with E-state index in [1.54, 1.807) is 33.8 Å². The van der Waals surface area contributed by atoms with Crippen LogP contribution in [0.3, 0.4) is 0 Å². The molecule has 1 unspecified atom stereocenters. The van der Waals surface area contributed by atoms with Crippen molar-refractivity contribution >= 4 is 23.5 Å². The Morgan fingerprint density at radius 2 is 1.65 bits per heavy atom. The van der Waals surface area contributed by atoms with E-state index in [1.807, 2.05) is 31.2 Å². The van der Waals surface area contributed by atoms with Gasteiger partial charge in [-0.15, -0.1) is 0 Å². The molecule has 1 aromatic heterocycles. The van der Waals surface area contributed by atoms with Crippen LogP contribution in [0.15, 0.2) is 40.8 Å². The number of amides is 4. The lowest BCUT2D eigenvalue weighted by Crippen LogP contribution is -2.53. The predicted molar refractivity (Wildman–Crippen MR) is 116 cm³/mol. The number of furan rings is 1. The Balaban J connectivity index is 1.28. The van der Waals surface area contributed by atoms with Crippen molar-refractivity contribution in [2.45, 2.75) is 32.7 Å². The summed E-state index contributed by atoms with van der Waals surface area (Å²) in [7, 11) is 0. The maximum atomic E-state index is 12.7. The highest BCUT2D eigenvalue weighted by molar-refractivity contribution is 5.95. The Kier molecular flexibility index (Phi) is 5.97. The Morgan fingerprint density at radius 1 is 0.968 bits per heavy atom. The van der Waals surface area contributed by atoms with Gasteiger partial charge in [-0.3, -0.25) is 9.59 Å². The van der Waals surface area contributed by atoms with Crippen LogP contribution < -0.4 is 10.2 Å². The summed E-state index contributed by atoms with van der Waals surface area (Å²) in [6.45, 7) is 6.39. The van der Waals surface area contributed by atoms with E-state index in [1.165, 1.54) is 0 Å². The molecule has 0 radical (unpaired) electrons. The lowest BCUT2D eigenvalue weighted by molar-refractivity contribution is -0.117. The van der Waals surface area contributed by atoms with Crippen molar-refractivity contribution in [1.29, 1.82) is 0 Å². The van der Waals surface area contributed by atoms with Crippen LogP contribution in [0.2, 0.25) is 0 Å². The molecule has 0 saturated carbocycles. The third kappa shape index (κ3) is 4.57. The summed E-state index contributed by atoms with van der Waals surface area (Å²) >= 11 is 0. The van der Waals surface area contributed by atoms with Crippen molar-refractivity contribution in [3.63, 3.8) is 0 Å². The highest BCUT2D eigenvalue weighted by Crippen LogP contribution is 2.23. The molecule has 4 amide bonds. The number of carbonyl (C=O) groups excluding carboxylic acids is 3. The summed E-state index contributed by atoms with van der Waals surface area (Å²) in [5, 5.41) is 3.03. The van der Waals surface area contributed by atoms with Crippen LogP contribution in [-0.4, -0.2) is 60.4 Å². The number of nitrogens with one attached hydrogen (secondary N) is 1. The van der Waals surface area contributed by atoms with Gasteiger partial charge in [0, 0.05) is 44.8 Å². The zero-order valence-corrected chi connectivity index (χ0v) is 18.0. The molecule has 1 N–H and O–H groups in total. The lowest BCUT2D eigenvalue weighted by Gasteiger charge is -2.35. The van der Waals surface area contributed by atoms with Crippen molar-refractivity contribution in [2.75, 3.05) is 37.6 Å². The van der Waals surface area contributed by atoms with Gasteiger partial charge in [0.25, 0.3) is 5.91 Å². The van der Waals surface area contributed by atoms with Crippen LogP contribution in [0.1, 0.15) is 47.7 Å². The molecule has 31 heavy (non-hydrogen) atoms. The maximum absolute atomic E-state index is 12.7. The molecular weight excluding hydrogens is 396 g/mol. The van der Waals surface area contributed by atoms with Crippen LogP contribution in [0, 0.1) is 6.92 Å². The van der Waals surface area contributed by atoms with E-state index in [4.69, 9.17) is 4.42 Å². The number of piperazine rings is 1. The minimum Gasteiger partial charge on any atom is -0.456 e. The first-order chi connectivity index (χ1) is 14.9. The first kappa shape index (κ1) is 21.0. The molecule has 0 bridgehead atoms. The van der Waals surface area contributed by atoms with Gasteiger partial charge in [-0.05, 0) is 50.1 Å². The van der Waals surface area contributed by atoms with Gasteiger partial charge in [0.2, 0.25) is 5.91 Å². The molecule has 0 aliphatic carbocycles. The van der Waals surface area contributed by atoms with E-state index in [-0.39, 0.29) is 23.9 Å².